The monoisotopic (exact) mass is 255 g/mol. The van der Waals surface area contributed by atoms with E-state index in [0.717, 1.165) is 22.9 Å². The Morgan fingerprint density at radius 2 is 2.59 bits per heavy atom. The lowest BCUT2D eigenvalue weighted by Crippen LogP contribution is -2.22. The van der Waals surface area contributed by atoms with Gasteiger partial charge in [0.1, 0.15) is 5.01 Å². The SMILES string of the molecule is COC(=O)CCc1cnc([C@@H]2C[C@H](N)CN2)s1. The fourth-order valence-electron chi connectivity index (χ4n) is 1.88. The Balaban J connectivity index is 1.89. The minimum atomic E-state index is -0.180. The van der Waals surface area contributed by atoms with Gasteiger partial charge in [-0.25, -0.2) is 4.98 Å². The van der Waals surface area contributed by atoms with Crippen molar-refractivity contribution in [2.24, 2.45) is 5.73 Å². The van der Waals surface area contributed by atoms with Crippen LogP contribution in [-0.2, 0) is 16.0 Å². The highest BCUT2D eigenvalue weighted by Crippen LogP contribution is 2.27. The van der Waals surface area contributed by atoms with Crippen LogP contribution in [0.25, 0.3) is 0 Å². The molecule has 1 saturated heterocycles. The van der Waals surface area contributed by atoms with Gasteiger partial charge in [0.2, 0.25) is 0 Å². The van der Waals surface area contributed by atoms with E-state index in [9.17, 15) is 4.79 Å². The van der Waals surface area contributed by atoms with E-state index in [1.807, 2.05) is 6.20 Å². The molecule has 0 amide bonds. The molecule has 1 aromatic heterocycles. The summed E-state index contributed by atoms with van der Waals surface area (Å²) in [5, 5.41) is 4.41. The van der Waals surface area contributed by atoms with Crippen molar-refractivity contribution in [2.75, 3.05) is 13.7 Å². The van der Waals surface area contributed by atoms with Gasteiger partial charge < -0.3 is 15.8 Å². The number of rotatable bonds is 4. The predicted molar refractivity (Wildman–Crippen MR) is 65.8 cm³/mol. The number of hydrogen-bond acceptors (Lipinski definition) is 6. The van der Waals surface area contributed by atoms with Crippen LogP contribution in [0, 0.1) is 0 Å². The normalized spacial score (nSPS) is 23.9. The first-order valence-electron chi connectivity index (χ1n) is 5.69. The highest BCUT2D eigenvalue weighted by Gasteiger charge is 2.24. The van der Waals surface area contributed by atoms with Gasteiger partial charge in [-0.15, -0.1) is 11.3 Å². The maximum Gasteiger partial charge on any atom is 0.305 e. The van der Waals surface area contributed by atoms with Gasteiger partial charge in [0, 0.05) is 23.7 Å². The summed E-state index contributed by atoms with van der Waals surface area (Å²) in [5.74, 6) is -0.180. The average molecular weight is 255 g/mol. The van der Waals surface area contributed by atoms with E-state index in [1.54, 1.807) is 11.3 Å². The first kappa shape index (κ1) is 12.5. The number of aryl methyl sites for hydroxylation is 1. The third-order valence-electron chi connectivity index (χ3n) is 2.84. The highest BCUT2D eigenvalue weighted by atomic mass is 32.1. The molecule has 2 heterocycles. The van der Waals surface area contributed by atoms with Gasteiger partial charge in [0.05, 0.1) is 19.6 Å². The van der Waals surface area contributed by atoms with Crippen molar-refractivity contribution in [3.8, 4) is 0 Å². The van der Waals surface area contributed by atoms with Gasteiger partial charge >= 0.3 is 5.97 Å². The van der Waals surface area contributed by atoms with Gasteiger partial charge in [-0.1, -0.05) is 0 Å². The zero-order chi connectivity index (χ0) is 12.3. The van der Waals surface area contributed by atoms with Crippen molar-refractivity contribution in [1.82, 2.24) is 10.3 Å². The summed E-state index contributed by atoms with van der Waals surface area (Å²) in [6.07, 6.45) is 3.89. The molecule has 17 heavy (non-hydrogen) atoms. The number of carbonyl (C=O) groups excluding carboxylic acids is 1. The zero-order valence-corrected chi connectivity index (χ0v) is 10.6. The lowest BCUT2D eigenvalue weighted by molar-refractivity contribution is -0.140. The largest absolute Gasteiger partial charge is 0.469 e. The summed E-state index contributed by atoms with van der Waals surface area (Å²) in [6, 6.07) is 0.504. The number of nitrogens with one attached hydrogen (secondary N) is 1. The number of hydrogen-bond donors (Lipinski definition) is 2. The number of aromatic nitrogens is 1. The molecule has 0 spiro atoms. The van der Waals surface area contributed by atoms with Crippen LogP contribution in [0.15, 0.2) is 6.20 Å². The fraction of sp³-hybridized carbons (Fsp3) is 0.636. The minimum absolute atomic E-state index is 0.180. The molecule has 1 fully saturated rings. The summed E-state index contributed by atoms with van der Waals surface area (Å²) in [5.41, 5.74) is 5.84. The Kier molecular flexibility index (Phi) is 4.09. The molecule has 2 atom stereocenters. The standard InChI is InChI=1S/C11H17N3O2S/c1-16-10(15)3-2-8-6-14-11(17-8)9-4-7(12)5-13-9/h6-7,9,13H,2-5,12H2,1H3/t7-,9-/m0/s1. The first-order valence-corrected chi connectivity index (χ1v) is 6.51. The third-order valence-corrected chi connectivity index (χ3v) is 4.01. The molecule has 0 aliphatic carbocycles. The zero-order valence-electron chi connectivity index (χ0n) is 9.81. The van der Waals surface area contributed by atoms with Crippen LogP contribution in [0.1, 0.15) is 28.8 Å². The van der Waals surface area contributed by atoms with Gasteiger partial charge in [0.15, 0.2) is 0 Å². The van der Waals surface area contributed by atoms with E-state index in [2.05, 4.69) is 15.0 Å². The van der Waals surface area contributed by atoms with Crippen LogP contribution in [0.2, 0.25) is 0 Å². The minimum Gasteiger partial charge on any atom is -0.469 e. The molecule has 6 heteroatoms. The van der Waals surface area contributed by atoms with Gasteiger partial charge in [-0.3, -0.25) is 4.79 Å². The number of nitrogens with zero attached hydrogens (tertiary/aromatic N) is 1. The van der Waals surface area contributed by atoms with Crippen LogP contribution < -0.4 is 11.1 Å². The number of thiazole rings is 1. The van der Waals surface area contributed by atoms with E-state index in [4.69, 9.17) is 5.73 Å². The molecule has 1 aromatic rings. The molecular weight excluding hydrogens is 238 g/mol. The molecule has 3 N–H and O–H groups in total. The lowest BCUT2D eigenvalue weighted by Gasteiger charge is -2.04. The van der Waals surface area contributed by atoms with Crippen LogP contribution in [0.3, 0.4) is 0 Å². The van der Waals surface area contributed by atoms with E-state index in [-0.39, 0.29) is 18.1 Å². The lowest BCUT2D eigenvalue weighted by atomic mass is 10.2. The molecule has 2 rings (SSSR count). The number of carbonyl (C=O) groups is 1. The molecule has 1 aliphatic heterocycles. The number of nitrogens with two attached hydrogens (primary N) is 1. The summed E-state index contributed by atoms with van der Waals surface area (Å²) in [4.78, 5) is 16.5. The van der Waals surface area contributed by atoms with Crippen molar-refractivity contribution < 1.29 is 9.53 Å². The molecule has 94 valence electrons. The molecule has 0 radical (unpaired) electrons. The number of esters is 1. The van der Waals surface area contributed by atoms with Crippen LogP contribution in [0.4, 0.5) is 0 Å². The maximum absolute atomic E-state index is 11.0. The Labute approximate surface area is 104 Å². The molecule has 0 saturated carbocycles. The summed E-state index contributed by atoms with van der Waals surface area (Å²) >= 11 is 1.65. The van der Waals surface area contributed by atoms with Crippen molar-refractivity contribution in [2.45, 2.75) is 31.3 Å². The quantitative estimate of drug-likeness (QED) is 0.771. The van der Waals surface area contributed by atoms with Crippen molar-refractivity contribution in [3.05, 3.63) is 16.1 Å². The maximum atomic E-state index is 11.0. The first-order chi connectivity index (χ1) is 8.19. The van der Waals surface area contributed by atoms with Crippen molar-refractivity contribution in [3.63, 3.8) is 0 Å². The number of ether oxygens (including phenoxy) is 1. The van der Waals surface area contributed by atoms with Gasteiger partial charge in [0.25, 0.3) is 0 Å². The molecular formula is C11H17N3O2S. The second kappa shape index (κ2) is 5.57. The van der Waals surface area contributed by atoms with Crippen LogP contribution >= 0.6 is 11.3 Å². The van der Waals surface area contributed by atoms with Crippen molar-refractivity contribution >= 4 is 17.3 Å². The topological polar surface area (TPSA) is 77.2 Å². The average Bonchev–Trinajstić information content (AvgIpc) is 2.94. The smallest absolute Gasteiger partial charge is 0.305 e. The van der Waals surface area contributed by atoms with E-state index in [0.29, 0.717) is 12.8 Å². The Morgan fingerprint density at radius 1 is 1.76 bits per heavy atom. The molecule has 0 unspecified atom stereocenters. The summed E-state index contributed by atoms with van der Waals surface area (Å²) < 4.78 is 4.61. The predicted octanol–water partition coefficient (Wildman–Crippen LogP) is 0.610. The number of methoxy groups -OCH3 is 1. The summed E-state index contributed by atoms with van der Waals surface area (Å²) in [7, 11) is 1.41. The van der Waals surface area contributed by atoms with Gasteiger partial charge in [-0.2, -0.15) is 0 Å². The molecule has 1 aliphatic rings. The van der Waals surface area contributed by atoms with E-state index >= 15 is 0 Å². The van der Waals surface area contributed by atoms with E-state index < -0.39 is 0 Å². The van der Waals surface area contributed by atoms with Gasteiger partial charge in [-0.05, 0) is 12.8 Å². The highest BCUT2D eigenvalue weighted by molar-refractivity contribution is 7.11. The second-order valence-electron chi connectivity index (χ2n) is 4.20. The molecule has 0 bridgehead atoms. The molecule has 0 aromatic carbocycles. The Hall–Kier alpha value is -0.980. The summed E-state index contributed by atoms with van der Waals surface area (Å²) in [6.45, 7) is 0.849. The van der Waals surface area contributed by atoms with Crippen molar-refractivity contribution in [1.29, 1.82) is 0 Å². The molecule has 5 nitrogen and oxygen atoms in total. The second-order valence-corrected chi connectivity index (χ2v) is 5.34. The van der Waals surface area contributed by atoms with Crippen LogP contribution in [-0.4, -0.2) is 30.6 Å². The third kappa shape index (κ3) is 3.24. The Bertz CT molecular complexity index is 394. The Morgan fingerprint density at radius 3 is 3.24 bits per heavy atom. The fourth-order valence-corrected chi connectivity index (χ4v) is 2.88. The van der Waals surface area contributed by atoms with E-state index in [1.165, 1.54) is 7.11 Å². The van der Waals surface area contributed by atoms with Crippen LogP contribution in [0.5, 0.6) is 0 Å².